The highest BCUT2D eigenvalue weighted by Gasteiger charge is 2.31. The minimum Gasteiger partial charge on any atom is -0.486 e. The standard InChI is InChI=1S/C15H24N2O2/c1-10-8-12-13(19-7-6-18-12)9-11(10)14(17(4)5)15(2,3)16/h8-9,14H,6-7,16H2,1-5H3. The van der Waals surface area contributed by atoms with Crippen LogP contribution in [0, 0.1) is 6.92 Å². The molecule has 2 N–H and O–H groups in total. The van der Waals surface area contributed by atoms with E-state index in [2.05, 4.69) is 32.0 Å². The second-order valence-electron chi connectivity index (χ2n) is 6.04. The van der Waals surface area contributed by atoms with Gasteiger partial charge in [0.05, 0.1) is 6.04 Å². The maximum absolute atomic E-state index is 6.34. The van der Waals surface area contributed by atoms with Gasteiger partial charge in [-0.25, -0.2) is 0 Å². The van der Waals surface area contributed by atoms with Gasteiger partial charge >= 0.3 is 0 Å². The van der Waals surface area contributed by atoms with Crippen molar-refractivity contribution in [1.82, 2.24) is 4.90 Å². The lowest BCUT2D eigenvalue weighted by Gasteiger charge is -2.37. The van der Waals surface area contributed by atoms with Gasteiger partial charge in [0.25, 0.3) is 0 Å². The molecule has 4 heteroatoms. The maximum Gasteiger partial charge on any atom is 0.161 e. The Labute approximate surface area is 115 Å². The van der Waals surface area contributed by atoms with Crippen LogP contribution in [0.4, 0.5) is 0 Å². The average Bonchev–Trinajstić information content (AvgIpc) is 2.27. The minimum atomic E-state index is -0.335. The third kappa shape index (κ3) is 2.85. The fourth-order valence-corrected chi connectivity index (χ4v) is 2.85. The van der Waals surface area contributed by atoms with Crippen molar-refractivity contribution in [3.8, 4) is 11.5 Å². The molecule has 1 unspecified atom stereocenters. The van der Waals surface area contributed by atoms with Crippen molar-refractivity contribution in [2.24, 2.45) is 5.73 Å². The highest BCUT2D eigenvalue weighted by Crippen LogP contribution is 2.38. The number of aryl methyl sites for hydroxylation is 1. The van der Waals surface area contributed by atoms with Crippen LogP contribution in [0.25, 0.3) is 0 Å². The zero-order chi connectivity index (χ0) is 14.2. The summed E-state index contributed by atoms with van der Waals surface area (Å²) < 4.78 is 11.3. The van der Waals surface area contributed by atoms with Gasteiger partial charge in [0.1, 0.15) is 13.2 Å². The van der Waals surface area contributed by atoms with Crippen LogP contribution in [0.1, 0.15) is 31.0 Å². The number of hydrogen-bond acceptors (Lipinski definition) is 4. The molecule has 0 aliphatic carbocycles. The topological polar surface area (TPSA) is 47.7 Å². The van der Waals surface area contributed by atoms with E-state index < -0.39 is 0 Å². The number of likely N-dealkylation sites (N-methyl/N-ethyl adjacent to an activating group) is 1. The molecule has 1 aromatic carbocycles. The molecular formula is C15H24N2O2. The SMILES string of the molecule is Cc1cc2c(cc1C(N(C)C)C(C)(C)N)OCCO2. The summed E-state index contributed by atoms with van der Waals surface area (Å²) in [5.74, 6) is 1.66. The lowest BCUT2D eigenvalue weighted by atomic mass is 9.86. The Morgan fingerprint density at radius 2 is 1.68 bits per heavy atom. The number of benzene rings is 1. The van der Waals surface area contributed by atoms with Crippen molar-refractivity contribution in [3.05, 3.63) is 23.3 Å². The number of hydrogen-bond donors (Lipinski definition) is 1. The van der Waals surface area contributed by atoms with Gasteiger partial charge in [-0.15, -0.1) is 0 Å². The molecule has 0 aromatic heterocycles. The van der Waals surface area contributed by atoms with E-state index in [4.69, 9.17) is 15.2 Å². The molecule has 0 spiro atoms. The fraction of sp³-hybridized carbons (Fsp3) is 0.600. The average molecular weight is 264 g/mol. The minimum absolute atomic E-state index is 0.128. The first-order valence-corrected chi connectivity index (χ1v) is 6.66. The summed E-state index contributed by atoms with van der Waals surface area (Å²) in [4.78, 5) is 2.15. The predicted molar refractivity (Wildman–Crippen MR) is 76.9 cm³/mol. The van der Waals surface area contributed by atoms with Crippen LogP contribution in [-0.4, -0.2) is 37.7 Å². The number of rotatable bonds is 3. The van der Waals surface area contributed by atoms with E-state index in [-0.39, 0.29) is 11.6 Å². The van der Waals surface area contributed by atoms with Gasteiger partial charge in [0, 0.05) is 5.54 Å². The van der Waals surface area contributed by atoms with E-state index in [0.29, 0.717) is 13.2 Å². The molecule has 0 radical (unpaired) electrons. The van der Waals surface area contributed by atoms with Gasteiger partial charge in [-0.05, 0) is 58.1 Å². The maximum atomic E-state index is 6.34. The van der Waals surface area contributed by atoms with Gasteiger partial charge in [0.2, 0.25) is 0 Å². The van der Waals surface area contributed by atoms with Crippen molar-refractivity contribution in [1.29, 1.82) is 0 Å². The Hall–Kier alpha value is -1.26. The smallest absolute Gasteiger partial charge is 0.161 e. The van der Waals surface area contributed by atoms with E-state index in [0.717, 1.165) is 11.5 Å². The third-order valence-corrected chi connectivity index (χ3v) is 3.45. The second-order valence-corrected chi connectivity index (χ2v) is 6.04. The van der Waals surface area contributed by atoms with Gasteiger partial charge < -0.3 is 20.1 Å². The molecule has 1 aromatic rings. The predicted octanol–water partition coefficient (Wildman–Crippen LogP) is 2.11. The van der Waals surface area contributed by atoms with Gasteiger partial charge in [0.15, 0.2) is 11.5 Å². The van der Waals surface area contributed by atoms with Crippen LogP contribution in [0.5, 0.6) is 11.5 Å². The van der Waals surface area contributed by atoms with E-state index in [9.17, 15) is 0 Å². The van der Waals surface area contributed by atoms with Crippen LogP contribution in [0.15, 0.2) is 12.1 Å². The Bertz CT molecular complexity index is 464. The molecule has 19 heavy (non-hydrogen) atoms. The zero-order valence-corrected chi connectivity index (χ0v) is 12.5. The third-order valence-electron chi connectivity index (χ3n) is 3.45. The summed E-state index contributed by atoms with van der Waals surface area (Å²) >= 11 is 0. The van der Waals surface area contributed by atoms with Crippen LogP contribution in [0.2, 0.25) is 0 Å². The quantitative estimate of drug-likeness (QED) is 0.908. The fourth-order valence-electron chi connectivity index (χ4n) is 2.85. The van der Waals surface area contributed by atoms with Gasteiger partial charge in [-0.3, -0.25) is 0 Å². The summed E-state index contributed by atoms with van der Waals surface area (Å²) in [6.07, 6.45) is 0. The molecule has 1 aliphatic heterocycles. The largest absolute Gasteiger partial charge is 0.486 e. The number of fused-ring (bicyclic) bond motifs is 1. The molecular weight excluding hydrogens is 240 g/mol. The molecule has 0 amide bonds. The molecule has 4 nitrogen and oxygen atoms in total. The summed E-state index contributed by atoms with van der Waals surface area (Å²) in [5, 5.41) is 0. The number of nitrogens with two attached hydrogens (primary N) is 1. The van der Waals surface area contributed by atoms with Crippen LogP contribution >= 0.6 is 0 Å². The Morgan fingerprint density at radius 1 is 1.16 bits per heavy atom. The Morgan fingerprint density at radius 3 is 2.16 bits per heavy atom. The van der Waals surface area contributed by atoms with Crippen molar-refractivity contribution in [3.63, 3.8) is 0 Å². The zero-order valence-electron chi connectivity index (χ0n) is 12.5. The normalized spacial score (nSPS) is 16.6. The molecule has 1 aliphatic rings. The highest BCUT2D eigenvalue weighted by atomic mass is 16.6. The molecule has 0 saturated carbocycles. The van der Waals surface area contributed by atoms with Crippen LogP contribution in [0.3, 0.4) is 0 Å². The van der Waals surface area contributed by atoms with Crippen molar-refractivity contribution >= 4 is 0 Å². The molecule has 1 atom stereocenters. The van der Waals surface area contributed by atoms with Gasteiger partial charge in [-0.2, -0.15) is 0 Å². The lowest BCUT2D eigenvalue weighted by molar-refractivity contribution is 0.168. The summed E-state index contributed by atoms with van der Waals surface area (Å²) in [6.45, 7) is 7.41. The summed E-state index contributed by atoms with van der Waals surface area (Å²) in [6, 6.07) is 4.25. The van der Waals surface area contributed by atoms with E-state index in [1.807, 2.05) is 19.9 Å². The van der Waals surface area contributed by atoms with Gasteiger partial charge in [-0.1, -0.05) is 0 Å². The molecule has 0 fully saturated rings. The van der Waals surface area contributed by atoms with E-state index >= 15 is 0 Å². The highest BCUT2D eigenvalue weighted by molar-refractivity contribution is 5.49. The van der Waals surface area contributed by atoms with Crippen LogP contribution < -0.4 is 15.2 Å². The molecule has 106 valence electrons. The van der Waals surface area contributed by atoms with Crippen LogP contribution in [-0.2, 0) is 0 Å². The molecule has 1 heterocycles. The monoisotopic (exact) mass is 264 g/mol. The van der Waals surface area contributed by atoms with Crippen molar-refractivity contribution in [2.75, 3.05) is 27.3 Å². The Kier molecular flexibility index (Phi) is 3.74. The van der Waals surface area contributed by atoms with Crippen molar-refractivity contribution in [2.45, 2.75) is 32.4 Å². The number of ether oxygens (including phenoxy) is 2. The van der Waals surface area contributed by atoms with E-state index in [1.165, 1.54) is 11.1 Å². The summed E-state index contributed by atoms with van der Waals surface area (Å²) in [7, 11) is 4.10. The van der Waals surface area contributed by atoms with Crippen molar-refractivity contribution < 1.29 is 9.47 Å². The first kappa shape index (κ1) is 14.2. The second kappa shape index (κ2) is 5.02. The van der Waals surface area contributed by atoms with E-state index in [1.54, 1.807) is 0 Å². The first-order valence-electron chi connectivity index (χ1n) is 6.66. The lowest BCUT2D eigenvalue weighted by Crippen LogP contribution is -2.46. The number of nitrogens with zero attached hydrogens (tertiary/aromatic N) is 1. The first-order chi connectivity index (χ1) is 8.80. The molecule has 0 saturated heterocycles. The molecule has 0 bridgehead atoms. The molecule has 2 rings (SSSR count). The Balaban J connectivity index is 2.48. The summed E-state index contributed by atoms with van der Waals surface area (Å²) in [5.41, 5.74) is 8.39.